The second-order valence-electron chi connectivity index (χ2n) is 3.64. The number of hydrogen-bond donors (Lipinski definition) is 1. The molecule has 0 unspecified atom stereocenters. The second kappa shape index (κ2) is 7.66. The van der Waals surface area contributed by atoms with Crippen molar-refractivity contribution in [2.45, 2.75) is 6.92 Å². The van der Waals surface area contributed by atoms with E-state index in [1.807, 2.05) is 0 Å². The number of rotatable bonds is 7. The minimum atomic E-state index is 0.171. The molecule has 0 amide bonds. The number of likely N-dealkylation sites (N-methyl/N-ethyl adjacent to an activating group) is 1. The SMILES string of the molecule is CCN(CCO)CCOc1ccc(C#N)cc1. The molecule has 0 aliphatic rings. The molecule has 0 radical (unpaired) electrons. The van der Waals surface area contributed by atoms with Crippen molar-refractivity contribution in [3.8, 4) is 11.8 Å². The normalized spacial score (nSPS) is 10.2. The zero-order valence-corrected chi connectivity index (χ0v) is 10.1. The summed E-state index contributed by atoms with van der Waals surface area (Å²) in [6.07, 6.45) is 0. The third-order valence-corrected chi connectivity index (χ3v) is 2.52. The van der Waals surface area contributed by atoms with E-state index in [4.69, 9.17) is 15.1 Å². The lowest BCUT2D eigenvalue weighted by atomic mass is 10.2. The molecule has 1 aromatic carbocycles. The topological polar surface area (TPSA) is 56.5 Å². The van der Waals surface area contributed by atoms with E-state index in [9.17, 15) is 0 Å². The molecule has 4 nitrogen and oxygen atoms in total. The van der Waals surface area contributed by atoms with Gasteiger partial charge in [-0.2, -0.15) is 5.26 Å². The van der Waals surface area contributed by atoms with Gasteiger partial charge < -0.3 is 9.84 Å². The number of hydrogen-bond acceptors (Lipinski definition) is 4. The molecule has 0 bridgehead atoms. The maximum absolute atomic E-state index is 8.83. The molecular weight excluding hydrogens is 216 g/mol. The van der Waals surface area contributed by atoms with Gasteiger partial charge in [0.25, 0.3) is 0 Å². The van der Waals surface area contributed by atoms with Crippen LogP contribution >= 0.6 is 0 Å². The quantitative estimate of drug-likeness (QED) is 0.771. The van der Waals surface area contributed by atoms with Crippen LogP contribution in [-0.4, -0.2) is 42.9 Å². The predicted molar refractivity (Wildman–Crippen MR) is 65.9 cm³/mol. The van der Waals surface area contributed by atoms with E-state index in [1.54, 1.807) is 24.3 Å². The largest absolute Gasteiger partial charge is 0.492 e. The van der Waals surface area contributed by atoms with E-state index in [2.05, 4.69) is 17.9 Å². The molecular formula is C13H18N2O2. The van der Waals surface area contributed by atoms with Crippen molar-refractivity contribution >= 4 is 0 Å². The Morgan fingerprint density at radius 1 is 1.29 bits per heavy atom. The molecule has 0 aliphatic carbocycles. The average molecular weight is 234 g/mol. The summed E-state index contributed by atoms with van der Waals surface area (Å²) in [4.78, 5) is 2.11. The van der Waals surface area contributed by atoms with Gasteiger partial charge in [0.05, 0.1) is 18.2 Å². The molecule has 0 aliphatic heterocycles. The van der Waals surface area contributed by atoms with E-state index >= 15 is 0 Å². The first-order valence-corrected chi connectivity index (χ1v) is 5.76. The number of aliphatic hydroxyl groups is 1. The first-order valence-electron chi connectivity index (χ1n) is 5.76. The van der Waals surface area contributed by atoms with Crippen LogP contribution in [0.2, 0.25) is 0 Å². The maximum Gasteiger partial charge on any atom is 0.119 e. The first-order chi connectivity index (χ1) is 8.30. The summed E-state index contributed by atoms with van der Waals surface area (Å²) >= 11 is 0. The molecule has 0 atom stereocenters. The monoisotopic (exact) mass is 234 g/mol. The molecule has 17 heavy (non-hydrogen) atoms. The first kappa shape index (κ1) is 13.5. The molecule has 1 aromatic rings. The summed E-state index contributed by atoms with van der Waals surface area (Å²) in [6.45, 7) is 5.17. The highest BCUT2D eigenvalue weighted by atomic mass is 16.5. The van der Waals surface area contributed by atoms with E-state index < -0.39 is 0 Å². The van der Waals surface area contributed by atoms with Crippen LogP contribution in [0.5, 0.6) is 5.75 Å². The van der Waals surface area contributed by atoms with Crippen LogP contribution in [0, 0.1) is 11.3 Å². The molecule has 4 heteroatoms. The lowest BCUT2D eigenvalue weighted by molar-refractivity contribution is 0.174. The third-order valence-electron chi connectivity index (χ3n) is 2.52. The molecule has 0 saturated carbocycles. The van der Waals surface area contributed by atoms with Gasteiger partial charge in [0.15, 0.2) is 0 Å². The highest BCUT2D eigenvalue weighted by Gasteiger charge is 2.01. The summed E-state index contributed by atoms with van der Waals surface area (Å²) in [6, 6.07) is 9.12. The van der Waals surface area contributed by atoms with Crippen molar-refractivity contribution in [2.75, 3.05) is 32.8 Å². The Labute approximate surface area is 102 Å². The van der Waals surface area contributed by atoms with Gasteiger partial charge in [-0.1, -0.05) is 6.92 Å². The van der Waals surface area contributed by atoms with Crippen LogP contribution in [0.4, 0.5) is 0 Å². The van der Waals surface area contributed by atoms with Crippen molar-refractivity contribution in [2.24, 2.45) is 0 Å². The molecule has 0 heterocycles. The van der Waals surface area contributed by atoms with Crippen LogP contribution < -0.4 is 4.74 Å². The van der Waals surface area contributed by atoms with Crippen molar-refractivity contribution in [1.29, 1.82) is 5.26 Å². The summed E-state index contributed by atoms with van der Waals surface area (Å²) in [5.41, 5.74) is 0.632. The highest BCUT2D eigenvalue weighted by molar-refractivity contribution is 5.34. The lowest BCUT2D eigenvalue weighted by Gasteiger charge is -2.18. The van der Waals surface area contributed by atoms with Crippen molar-refractivity contribution in [3.05, 3.63) is 29.8 Å². The number of aliphatic hydroxyl groups excluding tert-OH is 1. The van der Waals surface area contributed by atoms with Gasteiger partial charge in [-0.25, -0.2) is 0 Å². The van der Waals surface area contributed by atoms with Gasteiger partial charge in [0.1, 0.15) is 12.4 Å². The van der Waals surface area contributed by atoms with Crippen LogP contribution in [0.3, 0.4) is 0 Å². The third kappa shape index (κ3) is 4.85. The van der Waals surface area contributed by atoms with E-state index in [0.29, 0.717) is 18.7 Å². The van der Waals surface area contributed by atoms with Gasteiger partial charge in [-0.05, 0) is 30.8 Å². The Balaban J connectivity index is 2.32. The Morgan fingerprint density at radius 2 is 2.00 bits per heavy atom. The van der Waals surface area contributed by atoms with Gasteiger partial charge in [-0.15, -0.1) is 0 Å². The summed E-state index contributed by atoms with van der Waals surface area (Å²) < 4.78 is 5.55. The molecule has 0 fully saturated rings. The number of nitriles is 1. The van der Waals surface area contributed by atoms with E-state index in [-0.39, 0.29) is 6.61 Å². The number of benzene rings is 1. The fourth-order valence-electron chi connectivity index (χ4n) is 1.49. The summed E-state index contributed by atoms with van der Waals surface area (Å²) in [5.74, 6) is 0.768. The van der Waals surface area contributed by atoms with Gasteiger partial charge >= 0.3 is 0 Å². The van der Waals surface area contributed by atoms with Gasteiger partial charge in [0.2, 0.25) is 0 Å². The minimum absolute atomic E-state index is 0.171. The fraction of sp³-hybridized carbons (Fsp3) is 0.462. The Hall–Kier alpha value is -1.57. The average Bonchev–Trinajstić information content (AvgIpc) is 2.38. The van der Waals surface area contributed by atoms with Gasteiger partial charge in [-0.3, -0.25) is 4.90 Å². The van der Waals surface area contributed by atoms with Crippen LogP contribution in [-0.2, 0) is 0 Å². The smallest absolute Gasteiger partial charge is 0.119 e. The zero-order chi connectivity index (χ0) is 12.5. The fourth-order valence-corrected chi connectivity index (χ4v) is 1.49. The molecule has 0 saturated heterocycles. The van der Waals surface area contributed by atoms with Crippen LogP contribution in [0.1, 0.15) is 12.5 Å². The number of ether oxygens (including phenoxy) is 1. The lowest BCUT2D eigenvalue weighted by Crippen LogP contribution is -2.30. The van der Waals surface area contributed by atoms with Crippen molar-refractivity contribution in [3.63, 3.8) is 0 Å². The molecule has 0 spiro atoms. The second-order valence-corrected chi connectivity index (χ2v) is 3.64. The maximum atomic E-state index is 8.83. The standard InChI is InChI=1S/C13H18N2O2/c1-2-15(7-9-16)8-10-17-13-5-3-12(11-14)4-6-13/h3-6,16H,2,7-10H2,1H3. The molecule has 1 rings (SSSR count). The van der Waals surface area contributed by atoms with Gasteiger partial charge in [0, 0.05) is 13.1 Å². The van der Waals surface area contributed by atoms with Crippen molar-refractivity contribution in [1.82, 2.24) is 4.90 Å². The summed E-state index contributed by atoms with van der Waals surface area (Å²) in [5, 5.41) is 17.5. The molecule has 0 aromatic heterocycles. The number of nitrogens with zero attached hydrogens (tertiary/aromatic N) is 2. The minimum Gasteiger partial charge on any atom is -0.492 e. The van der Waals surface area contributed by atoms with Crippen LogP contribution in [0.15, 0.2) is 24.3 Å². The van der Waals surface area contributed by atoms with E-state index in [1.165, 1.54) is 0 Å². The van der Waals surface area contributed by atoms with E-state index in [0.717, 1.165) is 18.8 Å². The molecule has 1 N–H and O–H groups in total. The Kier molecular flexibility index (Phi) is 6.08. The predicted octanol–water partition coefficient (Wildman–Crippen LogP) is 1.25. The highest BCUT2D eigenvalue weighted by Crippen LogP contribution is 2.11. The van der Waals surface area contributed by atoms with Crippen molar-refractivity contribution < 1.29 is 9.84 Å². The zero-order valence-electron chi connectivity index (χ0n) is 10.1. The Bertz CT molecular complexity index is 357. The molecule has 92 valence electrons. The summed E-state index contributed by atoms with van der Waals surface area (Å²) in [7, 11) is 0. The Morgan fingerprint density at radius 3 is 2.53 bits per heavy atom. The van der Waals surface area contributed by atoms with Crippen LogP contribution in [0.25, 0.3) is 0 Å².